The van der Waals surface area contributed by atoms with Gasteiger partial charge in [0.2, 0.25) is 0 Å². The van der Waals surface area contributed by atoms with E-state index >= 15 is 0 Å². The van der Waals surface area contributed by atoms with Gasteiger partial charge >= 0.3 is 0 Å². The van der Waals surface area contributed by atoms with E-state index in [0.717, 1.165) is 24.2 Å². The Morgan fingerprint density at radius 1 is 0.821 bits per heavy atom. The summed E-state index contributed by atoms with van der Waals surface area (Å²) in [6, 6.07) is 0. The number of nitrogens with two attached hydrogens (primary N) is 1. The Bertz CT molecular complexity index is 489. The van der Waals surface area contributed by atoms with Crippen LogP contribution in [0.4, 0.5) is 0 Å². The van der Waals surface area contributed by atoms with E-state index in [2.05, 4.69) is 140 Å². The molecule has 0 amide bonds. The van der Waals surface area contributed by atoms with Gasteiger partial charge in [-0.3, -0.25) is 0 Å². The Labute approximate surface area is 254 Å². The Hall–Kier alpha value is -1.26. The zero-order valence-corrected chi connectivity index (χ0v) is 31.6. The van der Waals surface area contributed by atoms with Crippen LogP contribution in [0.3, 0.4) is 0 Å². The number of unbranched alkanes of at least 4 members (excludes halogenated alkanes) is 1. The zero-order chi connectivity index (χ0) is 33.5. The van der Waals surface area contributed by atoms with Crippen LogP contribution in [0, 0.1) is 35.0 Å². The fourth-order valence-electron chi connectivity index (χ4n) is 2.50. The van der Waals surface area contributed by atoms with Crippen LogP contribution in [0.15, 0.2) is 36.5 Å². The summed E-state index contributed by atoms with van der Waals surface area (Å²) in [6.45, 7) is 46.9. The molecular formula is C38H83N. The summed E-state index contributed by atoms with van der Waals surface area (Å²) in [6.07, 6.45) is 12.0. The van der Waals surface area contributed by atoms with Crippen molar-refractivity contribution < 1.29 is 0 Å². The van der Waals surface area contributed by atoms with Gasteiger partial charge in [0.25, 0.3) is 0 Å². The van der Waals surface area contributed by atoms with Crippen LogP contribution < -0.4 is 5.73 Å². The molecule has 1 heteroatoms. The maximum absolute atomic E-state index is 4.50. The summed E-state index contributed by atoms with van der Waals surface area (Å²) in [5.41, 5.74) is 7.48. The minimum Gasteiger partial charge on any atom is -0.333 e. The van der Waals surface area contributed by atoms with E-state index in [1.165, 1.54) is 50.3 Å². The van der Waals surface area contributed by atoms with Gasteiger partial charge in [-0.2, -0.15) is 0 Å². The standard InChI is InChI=1S/C12H20.C8H18.C8H16.C3H8.2C2H6.C2H4.CH5N/c1-6-8-10-11(9-7-2)12(3,4)5;1-5-8(4)6-7(2)3;1-5-6-8(4)7(2)3;1-3-2;4*1-2/h10H,6,8H2,1-5H3;7-8H,5-6H2,1-4H3;6-7H,5H2,1-4H3;3H2,1-2H3;2*1-2H3;1-2H2;2H2,1H3/b11-10+;;8-6+;;;;;. The molecule has 0 bridgehead atoms. The van der Waals surface area contributed by atoms with Crippen LogP contribution in [-0.4, -0.2) is 7.05 Å². The molecule has 1 atom stereocenters. The Kier molecular flexibility index (Phi) is 78.4. The molecule has 0 spiro atoms. The van der Waals surface area contributed by atoms with Crippen LogP contribution >= 0.6 is 0 Å². The average molecular weight is 554 g/mol. The molecule has 1 nitrogen and oxygen atoms in total. The third-order valence-electron chi connectivity index (χ3n) is 4.71. The summed E-state index contributed by atoms with van der Waals surface area (Å²) in [7, 11) is 1.50. The van der Waals surface area contributed by atoms with Gasteiger partial charge in [0.05, 0.1) is 0 Å². The smallest absolute Gasteiger partial charge is 0.00339 e. The van der Waals surface area contributed by atoms with Crippen LogP contribution in [0.5, 0.6) is 0 Å². The second-order valence-electron chi connectivity index (χ2n) is 10.4. The van der Waals surface area contributed by atoms with Crippen LogP contribution in [0.25, 0.3) is 0 Å². The normalized spacial score (nSPS) is 10.4. The highest BCUT2D eigenvalue weighted by atomic mass is 14.4. The SMILES string of the molecule is C=C.CC.CC.CC#C/C(=C\CCC)C(C)(C)C.CC/C=C(\C)C(C)C.CCC.CCC(C)CC(C)C.CN. The zero-order valence-electron chi connectivity index (χ0n) is 31.6. The van der Waals surface area contributed by atoms with Gasteiger partial charge < -0.3 is 5.73 Å². The van der Waals surface area contributed by atoms with Gasteiger partial charge in [-0.05, 0) is 63.3 Å². The van der Waals surface area contributed by atoms with Gasteiger partial charge in [0, 0.05) is 5.57 Å². The summed E-state index contributed by atoms with van der Waals surface area (Å²) in [5, 5.41) is 0. The Morgan fingerprint density at radius 2 is 1.21 bits per heavy atom. The summed E-state index contributed by atoms with van der Waals surface area (Å²) in [5.74, 6) is 8.67. The van der Waals surface area contributed by atoms with Gasteiger partial charge in [0.1, 0.15) is 0 Å². The maximum Gasteiger partial charge on any atom is 0.00339 e. The van der Waals surface area contributed by atoms with Crippen molar-refractivity contribution in [1.29, 1.82) is 0 Å². The van der Waals surface area contributed by atoms with E-state index in [1.807, 2.05) is 34.6 Å². The van der Waals surface area contributed by atoms with Crippen LogP contribution in [0.2, 0.25) is 0 Å². The first kappa shape index (κ1) is 57.6. The largest absolute Gasteiger partial charge is 0.333 e. The highest BCUT2D eigenvalue weighted by molar-refractivity contribution is 5.32. The van der Waals surface area contributed by atoms with Crippen molar-refractivity contribution in [2.24, 2.45) is 28.9 Å². The van der Waals surface area contributed by atoms with E-state index in [4.69, 9.17) is 0 Å². The highest BCUT2D eigenvalue weighted by Gasteiger charge is 2.14. The Balaban J connectivity index is -0.0000000528. The topological polar surface area (TPSA) is 26.0 Å². The molecule has 0 aliphatic heterocycles. The second-order valence-corrected chi connectivity index (χ2v) is 10.4. The molecule has 0 heterocycles. The first-order valence-corrected chi connectivity index (χ1v) is 16.2. The van der Waals surface area contributed by atoms with E-state index < -0.39 is 0 Å². The molecular weight excluding hydrogens is 470 g/mol. The lowest BCUT2D eigenvalue weighted by Gasteiger charge is -2.18. The average Bonchev–Trinajstić information content (AvgIpc) is 2.91. The lowest BCUT2D eigenvalue weighted by atomic mass is 9.86. The van der Waals surface area contributed by atoms with Gasteiger partial charge in [-0.1, -0.05) is 161 Å². The van der Waals surface area contributed by atoms with E-state index in [0.29, 0.717) is 0 Å². The molecule has 0 aliphatic rings. The summed E-state index contributed by atoms with van der Waals surface area (Å²) < 4.78 is 0. The molecule has 0 fully saturated rings. The summed E-state index contributed by atoms with van der Waals surface area (Å²) in [4.78, 5) is 0. The van der Waals surface area contributed by atoms with Crippen LogP contribution in [-0.2, 0) is 0 Å². The predicted molar refractivity (Wildman–Crippen MR) is 194 cm³/mol. The van der Waals surface area contributed by atoms with E-state index in [-0.39, 0.29) is 5.41 Å². The van der Waals surface area contributed by atoms with Crippen molar-refractivity contribution in [2.75, 3.05) is 7.05 Å². The first-order valence-electron chi connectivity index (χ1n) is 16.2. The first-order chi connectivity index (χ1) is 18.3. The molecule has 0 aromatic carbocycles. The highest BCUT2D eigenvalue weighted by Crippen LogP contribution is 2.24. The maximum atomic E-state index is 4.50. The fourth-order valence-corrected chi connectivity index (χ4v) is 2.50. The molecule has 2 N–H and O–H groups in total. The van der Waals surface area contributed by atoms with Crippen molar-refractivity contribution in [3.63, 3.8) is 0 Å². The van der Waals surface area contributed by atoms with Crippen molar-refractivity contribution >= 4 is 0 Å². The molecule has 0 radical (unpaired) electrons. The molecule has 0 saturated heterocycles. The van der Waals surface area contributed by atoms with Gasteiger partial charge in [0.15, 0.2) is 0 Å². The van der Waals surface area contributed by atoms with Crippen molar-refractivity contribution in [2.45, 2.75) is 170 Å². The quantitative estimate of drug-likeness (QED) is 0.246. The van der Waals surface area contributed by atoms with Crippen molar-refractivity contribution in [3.05, 3.63) is 36.5 Å². The Morgan fingerprint density at radius 3 is 1.36 bits per heavy atom. The molecule has 0 rings (SSSR count). The third kappa shape index (κ3) is 72.4. The number of hydrogen-bond donors (Lipinski definition) is 1. The number of allylic oxidation sites excluding steroid dienone is 4. The molecule has 0 aromatic rings. The number of rotatable bonds is 7. The molecule has 1 unspecified atom stereocenters. The van der Waals surface area contributed by atoms with Crippen molar-refractivity contribution in [1.82, 2.24) is 0 Å². The lowest BCUT2D eigenvalue weighted by Crippen LogP contribution is -2.07. The lowest BCUT2D eigenvalue weighted by molar-refractivity contribution is 0.429. The molecule has 0 saturated carbocycles. The molecule has 0 aliphatic carbocycles. The second kappa shape index (κ2) is 53.1. The van der Waals surface area contributed by atoms with E-state index in [9.17, 15) is 0 Å². The minimum absolute atomic E-state index is 0.207. The van der Waals surface area contributed by atoms with E-state index in [1.54, 1.807) is 0 Å². The monoisotopic (exact) mass is 554 g/mol. The van der Waals surface area contributed by atoms with Crippen molar-refractivity contribution in [3.8, 4) is 11.8 Å². The number of hydrogen-bond acceptors (Lipinski definition) is 1. The molecule has 240 valence electrons. The molecule has 39 heavy (non-hydrogen) atoms. The third-order valence-corrected chi connectivity index (χ3v) is 4.71. The van der Waals surface area contributed by atoms with Gasteiger partial charge in [-0.15, -0.1) is 19.1 Å². The van der Waals surface area contributed by atoms with Crippen LogP contribution in [0.1, 0.15) is 170 Å². The minimum atomic E-state index is 0.207. The summed E-state index contributed by atoms with van der Waals surface area (Å²) >= 11 is 0. The predicted octanol–water partition coefficient (Wildman–Crippen LogP) is 13.7. The molecule has 0 aromatic heterocycles. The van der Waals surface area contributed by atoms with Gasteiger partial charge in [-0.25, -0.2) is 0 Å². The fraction of sp³-hybridized carbons (Fsp3) is 0.789.